The fourth-order valence-electron chi connectivity index (χ4n) is 1.77. The summed E-state index contributed by atoms with van der Waals surface area (Å²) in [7, 11) is 0. The number of rotatable bonds is 6. The topological polar surface area (TPSA) is 92.9 Å². The van der Waals surface area contributed by atoms with E-state index in [0.29, 0.717) is 11.8 Å². The molecule has 2 aromatic heterocycles. The number of aryl methyl sites for hydroxylation is 1. The molecule has 1 unspecified atom stereocenters. The fraction of sp³-hybridized carbons (Fsp3) is 0.462. The minimum atomic E-state index is -0.479. The van der Waals surface area contributed by atoms with Crippen molar-refractivity contribution in [2.24, 2.45) is 5.73 Å². The molecule has 0 bridgehead atoms. The van der Waals surface area contributed by atoms with Crippen LogP contribution >= 0.6 is 11.3 Å². The van der Waals surface area contributed by atoms with Gasteiger partial charge in [0, 0.05) is 11.4 Å². The highest BCUT2D eigenvalue weighted by Gasteiger charge is 2.15. The lowest BCUT2D eigenvalue weighted by molar-refractivity contribution is -0.118. The second kappa shape index (κ2) is 6.04. The van der Waals surface area contributed by atoms with E-state index in [4.69, 9.17) is 5.73 Å². The van der Waals surface area contributed by atoms with Crippen LogP contribution in [-0.4, -0.2) is 28.5 Å². The number of hydrogen-bond acceptors (Lipinski definition) is 6. The lowest BCUT2D eigenvalue weighted by atomic mass is 10.2. The number of fused-ring (bicyclic) bond motifs is 1. The summed E-state index contributed by atoms with van der Waals surface area (Å²) in [6.45, 7) is 6.54. The Morgan fingerprint density at radius 3 is 2.80 bits per heavy atom. The van der Waals surface area contributed by atoms with Gasteiger partial charge in [0.2, 0.25) is 11.9 Å². The molecule has 4 N–H and O–H groups in total. The van der Waals surface area contributed by atoms with E-state index in [1.807, 2.05) is 6.92 Å². The molecular weight excluding hydrogens is 274 g/mol. The number of amides is 1. The Labute approximate surface area is 121 Å². The van der Waals surface area contributed by atoms with Gasteiger partial charge < -0.3 is 16.4 Å². The number of primary amides is 1. The van der Waals surface area contributed by atoms with Gasteiger partial charge in [0.15, 0.2) is 0 Å². The van der Waals surface area contributed by atoms with Crippen LogP contribution in [0, 0.1) is 0 Å². The molecule has 0 radical (unpaired) electrons. The van der Waals surface area contributed by atoms with Crippen molar-refractivity contribution in [3.63, 3.8) is 0 Å². The van der Waals surface area contributed by atoms with Crippen LogP contribution in [0.4, 0.5) is 11.8 Å². The quantitative estimate of drug-likeness (QED) is 0.757. The van der Waals surface area contributed by atoms with E-state index in [0.717, 1.165) is 23.2 Å². The minimum absolute atomic E-state index is 0.410. The average molecular weight is 293 g/mol. The van der Waals surface area contributed by atoms with Gasteiger partial charge in [0.1, 0.15) is 16.7 Å². The zero-order valence-electron chi connectivity index (χ0n) is 11.9. The average Bonchev–Trinajstić information content (AvgIpc) is 2.82. The van der Waals surface area contributed by atoms with Crippen LogP contribution in [-0.2, 0) is 11.2 Å². The number of nitrogens with two attached hydrogens (primary N) is 1. The number of hydrogen-bond donors (Lipinski definition) is 3. The highest BCUT2D eigenvalue weighted by Crippen LogP contribution is 2.30. The first kappa shape index (κ1) is 14.5. The SMILES string of the molecule is CCNc1nc(NC(C)C(N)=O)c2cc(CC)sc2n1. The van der Waals surface area contributed by atoms with Crippen molar-refractivity contribution in [1.82, 2.24) is 9.97 Å². The second-order valence-corrected chi connectivity index (χ2v) is 5.59. The molecule has 0 aromatic carbocycles. The molecule has 0 aliphatic heterocycles. The summed E-state index contributed by atoms with van der Waals surface area (Å²) in [6.07, 6.45) is 0.947. The predicted octanol–water partition coefficient (Wildman–Crippen LogP) is 1.97. The molecule has 20 heavy (non-hydrogen) atoms. The number of carbonyl (C=O) groups excluding carboxylic acids is 1. The first-order chi connectivity index (χ1) is 9.55. The predicted molar refractivity (Wildman–Crippen MR) is 83.2 cm³/mol. The van der Waals surface area contributed by atoms with Crippen LogP contribution in [0.25, 0.3) is 10.2 Å². The largest absolute Gasteiger partial charge is 0.368 e. The van der Waals surface area contributed by atoms with E-state index in [2.05, 4.69) is 33.6 Å². The number of nitrogens with one attached hydrogen (secondary N) is 2. The van der Waals surface area contributed by atoms with E-state index >= 15 is 0 Å². The standard InChI is InChI=1S/C13H19N5OS/c1-4-8-6-9-11(16-7(3)10(14)19)17-13(15-5-2)18-12(9)20-8/h6-7H,4-5H2,1-3H3,(H2,14,19)(H2,15,16,17,18). The third kappa shape index (κ3) is 2.98. The maximum Gasteiger partial charge on any atom is 0.239 e. The third-order valence-corrected chi connectivity index (χ3v) is 4.08. The Bertz CT molecular complexity index is 624. The second-order valence-electron chi connectivity index (χ2n) is 4.48. The van der Waals surface area contributed by atoms with Crippen molar-refractivity contribution in [3.05, 3.63) is 10.9 Å². The molecule has 2 aromatic rings. The Morgan fingerprint density at radius 1 is 1.45 bits per heavy atom. The van der Waals surface area contributed by atoms with Gasteiger partial charge in [0.25, 0.3) is 0 Å². The van der Waals surface area contributed by atoms with Crippen LogP contribution in [0.5, 0.6) is 0 Å². The van der Waals surface area contributed by atoms with Crippen LogP contribution in [0.15, 0.2) is 6.07 Å². The molecule has 1 amide bonds. The third-order valence-electron chi connectivity index (χ3n) is 2.91. The number of anilines is 2. The normalized spacial score (nSPS) is 12.3. The van der Waals surface area contributed by atoms with Gasteiger partial charge in [-0.2, -0.15) is 4.98 Å². The lowest BCUT2D eigenvalue weighted by Gasteiger charge is -2.12. The number of aromatic nitrogens is 2. The number of nitrogens with zero attached hydrogens (tertiary/aromatic N) is 2. The summed E-state index contributed by atoms with van der Waals surface area (Å²) < 4.78 is 0. The number of thiophene rings is 1. The molecule has 1 atom stereocenters. The molecule has 0 saturated carbocycles. The Balaban J connectivity index is 2.47. The molecule has 0 aliphatic carbocycles. The van der Waals surface area contributed by atoms with Gasteiger partial charge in [-0.1, -0.05) is 6.92 Å². The summed E-state index contributed by atoms with van der Waals surface area (Å²) in [6, 6.07) is 1.58. The maximum absolute atomic E-state index is 11.2. The van der Waals surface area contributed by atoms with E-state index < -0.39 is 11.9 Å². The van der Waals surface area contributed by atoms with Crippen molar-refractivity contribution in [2.75, 3.05) is 17.2 Å². The Morgan fingerprint density at radius 2 is 2.20 bits per heavy atom. The number of carbonyl (C=O) groups is 1. The summed E-state index contributed by atoms with van der Waals surface area (Å²) >= 11 is 1.64. The summed E-state index contributed by atoms with van der Waals surface area (Å²) in [5.74, 6) is 0.796. The molecule has 2 rings (SSSR count). The van der Waals surface area contributed by atoms with Crippen molar-refractivity contribution in [3.8, 4) is 0 Å². The maximum atomic E-state index is 11.2. The van der Waals surface area contributed by atoms with Gasteiger partial charge in [0.05, 0.1) is 5.39 Å². The van der Waals surface area contributed by atoms with Crippen molar-refractivity contribution in [2.45, 2.75) is 33.2 Å². The molecular formula is C13H19N5OS. The van der Waals surface area contributed by atoms with Crippen LogP contribution in [0.3, 0.4) is 0 Å². The van der Waals surface area contributed by atoms with Gasteiger partial charge in [-0.25, -0.2) is 4.98 Å². The molecule has 0 spiro atoms. The summed E-state index contributed by atoms with van der Waals surface area (Å²) in [4.78, 5) is 22.3. The molecule has 7 heteroatoms. The van der Waals surface area contributed by atoms with E-state index in [1.165, 1.54) is 4.88 Å². The van der Waals surface area contributed by atoms with Gasteiger partial charge in [-0.3, -0.25) is 4.79 Å². The van der Waals surface area contributed by atoms with E-state index in [-0.39, 0.29) is 0 Å². The van der Waals surface area contributed by atoms with Crippen molar-refractivity contribution >= 4 is 39.2 Å². The minimum Gasteiger partial charge on any atom is -0.368 e. The first-order valence-electron chi connectivity index (χ1n) is 6.65. The molecule has 2 heterocycles. The zero-order valence-corrected chi connectivity index (χ0v) is 12.7. The smallest absolute Gasteiger partial charge is 0.239 e. The highest BCUT2D eigenvalue weighted by molar-refractivity contribution is 7.18. The van der Waals surface area contributed by atoms with Crippen LogP contribution in [0.2, 0.25) is 0 Å². The molecule has 0 fully saturated rings. The summed E-state index contributed by atoms with van der Waals surface area (Å²) in [5.41, 5.74) is 5.30. The molecule has 108 valence electrons. The van der Waals surface area contributed by atoms with Crippen LogP contribution < -0.4 is 16.4 Å². The first-order valence-corrected chi connectivity index (χ1v) is 7.47. The van der Waals surface area contributed by atoms with E-state index in [9.17, 15) is 4.79 Å². The van der Waals surface area contributed by atoms with E-state index in [1.54, 1.807) is 18.3 Å². The lowest BCUT2D eigenvalue weighted by Crippen LogP contribution is -2.32. The molecule has 0 saturated heterocycles. The summed E-state index contributed by atoms with van der Waals surface area (Å²) in [5, 5.41) is 7.09. The molecule has 6 nitrogen and oxygen atoms in total. The van der Waals surface area contributed by atoms with Crippen molar-refractivity contribution < 1.29 is 4.79 Å². The van der Waals surface area contributed by atoms with Gasteiger partial charge >= 0.3 is 0 Å². The Hall–Kier alpha value is -1.89. The van der Waals surface area contributed by atoms with Crippen molar-refractivity contribution in [1.29, 1.82) is 0 Å². The van der Waals surface area contributed by atoms with Gasteiger partial charge in [-0.05, 0) is 26.3 Å². The molecule has 0 aliphatic rings. The van der Waals surface area contributed by atoms with Gasteiger partial charge in [-0.15, -0.1) is 11.3 Å². The highest BCUT2D eigenvalue weighted by atomic mass is 32.1. The Kier molecular flexibility index (Phi) is 4.39. The zero-order chi connectivity index (χ0) is 14.7. The fourth-order valence-corrected chi connectivity index (χ4v) is 2.74. The van der Waals surface area contributed by atoms with Crippen LogP contribution in [0.1, 0.15) is 25.6 Å². The monoisotopic (exact) mass is 293 g/mol.